The molecule has 24 heavy (non-hydrogen) atoms. The monoisotopic (exact) mass is 381 g/mol. The van der Waals surface area contributed by atoms with Crippen molar-refractivity contribution in [1.29, 1.82) is 0 Å². The van der Waals surface area contributed by atoms with Gasteiger partial charge in [0, 0.05) is 34.8 Å². The number of aromatic nitrogens is 1. The number of nitrogens with two attached hydrogens (primary N) is 1. The van der Waals surface area contributed by atoms with E-state index in [1.165, 1.54) is 4.88 Å². The highest BCUT2D eigenvalue weighted by atomic mass is 35.5. The second-order valence-corrected chi connectivity index (χ2v) is 7.80. The normalized spacial score (nSPS) is 12.2. The first kappa shape index (κ1) is 17.2. The number of nitrogens with one attached hydrogen (secondary N) is 1. The van der Waals surface area contributed by atoms with Crippen LogP contribution < -0.4 is 11.1 Å². The highest BCUT2D eigenvalue weighted by Crippen LogP contribution is 2.33. The maximum Gasteiger partial charge on any atom is 0.293 e. The van der Waals surface area contributed by atoms with Crippen LogP contribution in [-0.2, 0) is 22.5 Å². The molecule has 0 aromatic carbocycles. The van der Waals surface area contributed by atoms with E-state index in [9.17, 15) is 4.79 Å². The van der Waals surface area contributed by atoms with Crippen molar-refractivity contribution < 1.29 is 9.53 Å². The third-order valence-corrected chi connectivity index (χ3v) is 5.62. The van der Waals surface area contributed by atoms with Crippen LogP contribution in [0.5, 0.6) is 0 Å². The minimum Gasteiger partial charge on any atom is -0.466 e. The number of anilines is 1. The molecule has 8 heteroatoms. The highest BCUT2D eigenvalue weighted by molar-refractivity contribution is 7.19. The van der Waals surface area contributed by atoms with Crippen molar-refractivity contribution in [2.24, 2.45) is 5.73 Å². The topological polar surface area (TPSA) is 77.2 Å². The zero-order chi connectivity index (χ0) is 16.9. The molecule has 126 valence electrons. The number of hydrogen-bond donors (Lipinski definition) is 2. The van der Waals surface area contributed by atoms with Crippen LogP contribution in [0.2, 0.25) is 5.15 Å². The number of nitrogens with zero attached hydrogens (tertiary/aromatic N) is 1. The van der Waals surface area contributed by atoms with Gasteiger partial charge in [0.15, 0.2) is 0 Å². The Morgan fingerprint density at radius 1 is 1.42 bits per heavy atom. The molecule has 0 aliphatic heterocycles. The first-order chi connectivity index (χ1) is 11.7. The molecule has 0 radical (unpaired) electrons. The molecule has 0 bridgehead atoms. The second-order valence-electron chi connectivity index (χ2n) is 5.25. The molecule has 3 N–H and O–H groups in total. The predicted octanol–water partition coefficient (Wildman–Crippen LogP) is 3.67. The van der Waals surface area contributed by atoms with Crippen molar-refractivity contribution in [2.45, 2.75) is 19.0 Å². The van der Waals surface area contributed by atoms with Gasteiger partial charge in [0.25, 0.3) is 6.47 Å². The molecule has 0 aliphatic carbocycles. The van der Waals surface area contributed by atoms with E-state index in [1.807, 2.05) is 18.2 Å². The molecule has 0 spiro atoms. The van der Waals surface area contributed by atoms with Crippen molar-refractivity contribution in [2.75, 3.05) is 11.9 Å². The summed E-state index contributed by atoms with van der Waals surface area (Å²) in [6.07, 6.45) is 0.622. The number of halogens is 1. The molecule has 5 nitrogen and oxygen atoms in total. The van der Waals surface area contributed by atoms with Crippen LogP contribution in [0.15, 0.2) is 29.6 Å². The lowest BCUT2D eigenvalue weighted by molar-refractivity contribution is -0.129. The van der Waals surface area contributed by atoms with E-state index in [0.717, 1.165) is 27.3 Å². The van der Waals surface area contributed by atoms with Gasteiger partial charge in [-0.3, -0.25) is 4.79 Å². The summed E-state index contributed by atoms with van der Waals surface area (Å²) in [6.45, 7) is 1.36. The first-order valence-corrected chi connectivity index (χ1v) is 9.39. The third kappa shape index (κ3) is 4.24. The highest BCUT2D eigenvalue weighted by Gasteiger charge is 2.13. The largest absolute Gasteiger partial charge is 0.466 e. The molecule has 0 saturated heterocycles. The van der Waals surface area contributed by atoms with Crippen LogP contribution in [0, 0.1) is 0 Å². The molecule has 3 heterocycles. The van der Waals surface area contributed by atoms with E-state index in [2.05, 4.69) is 21.7 Å². The van der Waals surface area contributed by atoms with Crippen LogP contribution in [-0.4, -0.2) is 24.1 Å². The van der Waals surface area contributed by atoms with E-state index < -0.39 is 0 Å². The molecule has 1 unspecified atom stereocenters. The fraction of sp³-hybridized carbons (Fsp3) is 0.250. The fourth-order valence-electron chi connectivity index (χ4n) is 2.35. The van der Waals surface area contributed by atoms with Crippen molar-refractivity contribution in [3.05, 3.63) is 44.6 Å². The lowest BCUT2D eigenvalue weighted by atomic mass is 10.2. The molecular weight excluding hydrogens is 366 g/mol. The Morgan fingerprint density at radius 2 is 2.29 bits per heavy atom. The van der Waals surface area contributed by atoms with E-state index in [1.54, 1.807) is 22.7 Å². The zero-order valence-corrected chi connectivity index (χ0v) is 15.1. The summed E-state index contributed by atoms with van der Waals surface area (Å²) in [6, 6.07) is 7.71. The molecule has 3 aromatic rings. The van der Waals surface area contributed by atoms with Gasteiger partial charge in [0.2, 0.25) is 0 Å². The number of hydrogen-bond acceptors (Lipinski definition) is 7. The Bertz CT molecular complexity index is 820. The Hall–Kier alpha value is -1.67. The van der Waals surface area contributed by atoms with Crippen molar-refractivity contribution in [3.63, 3.8) is 0 Å². The molecule has 0 fully saturated rings. The molecular formula is C16H16ClN3O2S2. The number of fused-ring (bicyclic) bond motifs is 1. The van der Waals surface area contributed by atoms with Gasteiger partial charge in [-0.1, -0.05) is 17.7 Å². The van der Waals surface area contributed by atoms with Gasteiger partial charge in [-0.15, -0.1) is 22.7 Å². The minimum absolute atomic E-state index is 0.204. The molecule has 0 amide bonds. The van der Waals surface area contributed by atoms with Crippen molar-refractivity contribution in [1.82, 2.24) is 4.98 Å². The molecule has 0 saturated carbocycles. The van der Waals surface area contributed by atoms with Crippen LogP contribution >= 0.6 is 34.3 Å². The zero-order valence-electron chi connectivity index (χ0n) is 12.7. The molecule has 3 aromatic heterocycles. The number of pyridine rings is 1. The Kier molecular flexibility index (Phi) is 5.68. The van der Waals surface area contributed by atoms with Crippen LogP contribution in [0.3, 0.4) is 0 Å². The van der Waals surface area contributed by atoms with Gasteiger partial charge in [-0.05, 0) is 17.5 Å². The summed E-state index contributed by atoms with van der Waals surface area (Å²) in [5.74, 6) is 0. The molecule has 0 aliphatic rings. The lowest BCUT2D eigenvalue weighted by Gasteiger charge is -2.08. The Balaban J connectivity index is 1.79. The average molecular weight is 382 g/mol. The predicted molar refractivity (Wildman–Crippen MR) is 100.0 cm³/mol. The van der Waals surface area contributed by atoms with Gasteiger partial charge in [0.1, 0.15) is 11.8 Å². The first-order valence-electron chi connectivity index (χ1n) is 7.31. The third-order valence-electron chi connectivity index (χ3n) is 3.37. The summed E-state index contributed by atoms with van der Waals surface area (Å²) >= 11 is 9.47. The quantitative estimate of drug-likeness (QED) is 0.460. The van der Waals surface area contributed by atoms with Crippen LogP contribution in [0.4, 0.5) is 5.69 Å². The maximum absolute atomic E-state index is 10.2. The van der Waals surface area contributed by atoms with Gasteiger partial charge in [-0.25, -0.2) is 4.98 Å². The van der Waals surface area contributed by atoms with E-state index in [4.69, 9.17) is 22.1 Å². The summed E-state index contributed by atoms with van der Waals surface area (Å²) in [4.78, 5) is 17.0. The summed E-state index contributed by atoms with van der Waals surface area (Å²) in [5.41, 5.74) is 7.78. The minimum atomic E-state index is -0.235. The van der Waals surface area contributed by atoms with E-state index in [0.29, 0.717) is 18.0 Å². The van der Waals surface area contributed by atoms with Crippen LogP contribution in [0.25, 0.3) is 10.2 Å². The smallest absolute Gasteiger partial charge is 0.293 e. The number of ether oxygens (including phenoxy) is 1. The SMILES string of the molecule is NC(COC=O)Cc1cc2nc(Cl)cc(NCc3cccs3)c2s1. The van der Waals surface area contributed by atoms with Gasteiger partial charge >= 0.3 is 0 Å². The van der Waals surface area contributed by atoms with Crippen LogP contribution in [0.1, 0.15) is 9.75 Å². The van der Waals surface area contributed by atoms with Gasteiger partial charge in [0.05, 0.1) is 15.9 Å². The van der Waals surface area contributed by atoms with Crippen molar-refractivity contribution >= 4 is 56.7 Å². The summed E-state index contributed by atoms with van der Waals surface area (Å²) in [7, 11) is 0. The Labute approximate surface area is 152 Å². The number of carbonyl (C=O) groups is 1. The number of carbonyl (C=O) groups excluding carboxylic acids is 1. The molecule has 1 atom stereocenters. The van der Waals surface area contributed by atoms with E-state index in [-0.39, 0.29) is 12.6 Å². The summed E-state index contributed by atoms with van der Waals surface area (Å²) < 4.78 is 5.77. The fourth-order valence-corrected chi connectivity index (χ4v) is 4.37. The average Bonchev–Trinajstić information content (AvgIpc) is 3.19. The van der Waals surface area contributed by atoms with Gasteiger partial charge in [-0.2, -0.15) is 0 Å². The molecule has 3 rings (SSSR count). The Morgan fingerprint density at radius 3 is 3.04 bits per heavy atom. The lowest BCUT2D eigenvalue weighted by Crippen LogP contribution is -2.28. The van der Waals surface area contributed by atoms with Gasteiger partial charge < -0.3 is 15.8 Å². The van der Waals surface area contributed by atoms with E-state index >= 15 is 0 Å². The number of rotatable bonds is 8. The summed E-state index contributed by atoms with van der Waals surface area (Å²) in [5, 5.41) is 5.93. The standard InChI is InChI=1S/C16H16ClN3O2S2/c17-15-6-13(19-7-11-2-1-3-23-11)16-14(20-15)5-12(24-16)4-10(18)8-22-9-21/h1-3,5-6,9-10H,4,7-8,18H2,(H,19,20). The van der Waals surface area contributed by atoms with Crippen molar-refractivity contribution in [3.8, 4) is 0 Å². The number of thiophene rings is 2. The maximum atomic E-state index is 10.2. The second kappa shape index (κ2) is 7.94.